The van der Waals surface area contributed by atoms with E-state index < -0.39 is 0 Å². The summed E-state index contributed by atoms with van der Waals surface area (Å²) in [6.07, 6.45) is 6.42. The average molecular weight is 327 g/mol. The first-order valence-corrected chi connectivity index (χ1v) is 9.15. The third-order valence-electron chi connectivity index (χ3n) is 4.45. The molecule has 2 fully saturated rings. The van der Waals surface area contributed by atoms with Gasteiger partial charge in [-0.25, -0.2) is 0 Å². The molecular formula is C16H23ClN2OS. The summed E-state index contributed by atoms with van der Waals surface area (Å²) < 4.78 is 0.806. The number of nitrogens with zero attached hydrogens (tertiary/aromatic N) is 1. The van der Waals surface area contributed by atoms with Gasteiger partial charge in [0.15, 0.2) is 0 Å². The highest BCUT2D eigenvalue weighted by molar-refractivity contribution is 7.16. The summed E-state index contributed by atoms with van der Waals surface area (Å²) in [5.41, 5.74) is 0. The van der Waals surface area contributed by atoms with Gasteiger partial charge in [-0.1, -0.05) is 11.6 Å². The van der Waals surface area contributed by atoms with Crippen molar-refractivity contribution in [1.29, 1.82) is 0 Å². The number of thiophene rings is 1. The third-order valence-corrected chi connectivity index (χ3v) is 5.74. The van der Waals surface area contributed by atoms with Crippen LogP contribution >= 0.6 is 22.9 Å². The minimum absolute atomic E-state index is 0.292. The summed E-state index contributed by atoms with van der Waals surface area (Å²) in [5.74, 6) is 1.22. The van der Waals surface area contributed by atoms with E-state index in [2.05, 4.69) is 5.32 Å². The molecule has 1 aliphatic heterocycles. The molecule has 1 saturated carbocycles. The molecule has 0 spiro atoms. The highest BCUT2D eigenvalue weighted by Gasteiger charge is 2.25. The van der Waals surface area contributed by atoms with Crippen LogP contribution in [0.3, 0.4) is 0 Å². The molecule has 0 bridgehead atoms. The van der Waals surface area contributed by atoms with E-state index in [0.29, 0.717) is 18.4 Å². The van der Waals surface area contributed by atoms with Crippen molar-refractivity contribution in [3.63, 3.8) is 0 Å². The van der Waals surface area contributed by atoms with Gasteiger partial charge >= 0.3 is 0 Å². The van der Waals surface area contributed by atoms with Gasteiger partial charge in [-0.05, 0) is 56.7 Å². The van der Waals surface area contributed by atoms with Gasteiger partial charge in [-0.2, -0.15) is 0 Å². The Labute approximate surface area is 135 Å². The van der Waals surface area contributed by atoms with Gasteiger partial charge in [0.2, 0.25) is 5.91 Å². The minimum Gasteiger partial charge on any atom is -0.343 e. The Morgan fingerprint density at radius 1 is 1.29 bits per heavy atom. The molecule has 0 aromatic carbocycles. The van der Waals surface area contributed by atoms with E-state index in [0.717, 1.165) is 42.6 Å². The highest BCUT2D eigenvalue weighted by Crippen LogP contribution is 2.28. The summed E-state index contributed by atoms with van der Waals surface area (Å²) in [6.45, 7) is 3.00. The van der Waals surface area contributed by atoms with E-state index in [1.807, 2.05) is 17.0 Å². The largest absolute Gasteiger partial charge is 0.343 e. The van der Waals surface area contributed by atoms with Gasteiger partial charge in [0, 0.05) is 30.4 Å². The first-order chi connectivity index (χ1) is 10.2. The number of rotatable bonds is 6. The van der Waals surface area contributed by atoms with Gasteiger partial charge in [0.1, 0.15) is 0 Å². The fourth-order valence-corrected chi connectivity index (χ4v) is 3.95. The molecule has 3 nitrogen and oxygen atoms in total. The van der Waals surface area contributed by atoms with Crippen LogP contribution in [-0.4, -0.2) is 36.5 Å². The molecule has 1 aliphatic carbocycles. The number of nitrogens with one attached hydrogen (secondary N) is 1. The lowest BCUT2D eigenvalue weighted by Gasteiger charge is -2.32. The number of hydrogen-bond acceptors (Lipinski definition) is 3. The van der Waals surface area contributed by atoms with Gasteiger partial charge in [-0.15, -0.1) is 11.3 Å². The van der Waals surface area contributed by atoms with Gasteiger partial charge < -0.3 is 10.2 Å². The van der Waals surface area contributed by atoms with Gasteiger partial charge in [0.25, 0.3) is 0 Å². The molecule has 21 heavy (non-hydrogen) atoms. The molecule has 0 radical (unpaired) electrons. The number of amides is 1. The van der Waals surface area contributed by atoms with Crippen molar-refractivity contribution in [2.45, 2.75) is 44.6 Å². The number of carbonyl (C=O) groups is 1. The number of likely N-dealkylation sites (tertiary alicyclic amines) is 1. The smallest absolute Gasteiger partial charge is 0.222 e. The molecule has 1 saturated heterocycles. The second-order valence-corrected chi connectivity index (χ2v) is 8.01. The van der Waals surface area contributed by atoms with Gasteiger partial charge in [-0.3, -0.25) is 4.79 Å². The van der Waals surface area contributed by atoms with E-state index in [-0.39, 0.29) is 0 Å². The molecule has 5 heteroatoms. The lowest BCUT2D eigenvalue weighted by molar-refractivity contribution is -0.132. The van der Waals surface area contributed by atoms with Gasteiger partial charge in [0.05, 0.1) is 4.34 Å². The van der Waals surface area contributed by atoms with Crippen molar-refractivity contribution in [3.8, 4) is 0 Å². The fourth-order valence-electron chi connectivity index (χ4n) is 2.86. The van der Waals surface area contributed by atoms with Crippen molar-refractivity contribution in [3.05, 3.63) is 21.3 Å². The van der Waals surface area contributed by atoms with Crippen LogP contribution in [0.4, 0.5) is 0 Å². The number of carbonyl (C=O) groups excluding carboxylic acids is 1. The monoisotopic (exact) mass is 326 g/mol. The van der Waals surface area contributed by atoms with Crippen molar-refractivity contribution in [2.75, 3.05) is 19.6 Å². The molecular weight excluding hydrogens is 304 g/mol. The number of piperidine rings is 1. The fraction of sp³-hybridized carbons (Fsp3) is 0.688. The van der Waals surface area contributed by atoms with E-state index in [9.17, 15) is 4.79 Å². The second kappa shape index (κ2) is 7.12. The lowest BCUT2D eigenvalue weighted by atomic mass is 10.0. The second-order valence-electron chi connectivity index (χ2n) is 6.21. The Hall–Kier alpha value is -0.580. The molecule has 116 valence electrons. The third kappa shape index (κ3) is 4.70. The van der Waals surface area contributed by atoms with Crippen LogP contribution in [-0.2, 0) is 11.2 Å². The summed E-state index contributed by atoms with van der Waals surface area (Å²) in [7, 11) is 0. The molecule has 2 heterocycles. The minimum atomic E-state index is 0.292. The summed E-state index contributed by atoms with van der Waals surface area (Å²) in [6, 6.07) is 4.54. The maximum absolute atomic E-state index is 12.2. The Morgan fingerprint density at radius 3 is 2.67 bits per heavy atom. The van der Waals surface area contributed by atoms with Crippen LogP contribution in [0.25, 0.3) is 0 Å². The predicted octanol–water partition coefficient (Wildman–Crippen LogP) is 3.32. The summed E-state index contributed by atoms with van der Waals surface area (Å²) in [5, 5.41) is 3.65. The average Bonchev–Trinajstić information content (AvgIpc) is 3.24. The van der Waals surface area contributed by atoms with E-state index in [4.69, 9.17) is 11.6 Å². The van der Waals surface area contributed by atoms with Crippen LogP contribution < -0.4 is 5.32 Å². The SMILES string of the molecule is O=C(CCc1ccc(Cl)s1)N1CCC(NCC2CC2)CC1. The Balaban J connectivity index is 1.35. The first kappa shape index (κ1) is 15.3. The number of aryl methyl sites for hydroxylation is 1. The van der Waals surface area contributed by atoms with Crippen molar-refractivity contribution >= 4 is 28.8 Å². The van der Waals surface area contributed by atoms with Crippen LogP contribution in [0.1, 0.15) is 37.0 Å². The van der Waals surface area contributed by atoms with Crippen LogP contribution in [0.15, 0.2) is 12.1 Å². The lowest BCUT2D eigenvalue weighted by Crippen LogP contribution is -2.45. The molecule has 1 aromatic heterocycles. The van der Waals surface area contributed by atoms with Crippen molar-refractivity contribution < 1.29 is 4.79 Å². The van der Waals surface area contributed by atoms with E-state index in [1.54, 1.807) is 11.3 Å². The van der Waals surface area contributed by atoms with E-state index in [1.165, 1.54) is 24.3 Å². The van der Waals surface area contributed by atoms with Crippen molar-refractivity contribution in [1.82, 2.24) is 10.2 Å². The molecule has 2 aliphatic rings. The zero-order chi connectivity index (χ0) is 14.7. The summed E-state index contributed by atoms with van der Waals surface area (Å²) >= 11 is 7.49. The predicted molar refractivity (Wildman–Crippen MR) is 88.0 cm³/mol. The van der Waals surface area contributed by atoms with Crippen LogP contribution in [0, 0.1) is 5.92 Å². The quantitative estimate of drug-likeness (QED) is 0.869. The maximum Gasteiger partial charge on any atom is 0.222 e. The van der Waals surface area contributed by atoms with E-state index >= 15 is 0 Å². The topological polar surface area (TPSA) is 32.3 Å². The zero-order valence-corrected chi connectivity index (χ0v) is 13.9. The molecule has 1 N–H and O–H groups in total. The van der Waals surface area contributed by atoms with Crippen molar-refractivity contribution in [2.24, 2.45) is 5.92 Å². The normalized spacial score (nSPS) is 20.0. The van der Waals surface area contributed by atoms with Crippen LogP contribution in [0.2, 0.25) is 4.34 Å². The Kier molecular flexibility index (Phi) is 5.19. The molecule has 3 rings (SSSR count). The number of hydrogen-bond donors (Lipinski definition) is 1. The standard InChI is InChI=1S/C16H23ClN2OS/c17-15-5-3-14(21-15)4-6-16(20)19-9-7-13(8-10-19)18-11-12-1-2-12/h3,5,12-13,18H,1-2,4,6-11H2. The maximum atomic E-state index is 12.2. The zero-order valence-electron chi connectivity index (χ0n) is 12.3. The summed E-state index contributed by atoms with van der Waals surface area (Å²) in [4.78, 5) is 15.5. The first-order valence-electron chi connectivity index (χ1n) is 7.96. The Bertz CT molecular complexity index is 478. The van der Waals surface area contributed by atoms with Crippen LogP contribution in [0.5, 0.6) is 0 Å². The molecule has 0 unspecified atom stereocenters. The molecule has 1 amide bonds. The highest BCUT2D eigenvalue weighted by atomic mass is 35.5. The Morgan fingerprint density at radius 2 is 2.05 bits per heavy atom. The number of halogens is 1. The molecule has 1 aromatic rings. The molecule has 0 atom stereocenters.